The number of nitrogens with zero attached hydrogens (tertiary/aromatic N) is 3. The van der Waals surface area contributed by atoms with E-state index in [0.717, 1.165) is 16.9 Å². The third-order valence-corrected chi connectivity index (χ3v) is 4.20. The van der Waals surface area contributed by atoms with Gasteiger partial charge in [-0.3, -0.25) is 4.79 Å². The molecule has 1 aromatic heterocycles. The van der Waals surface area contributed by atoms with Gasteiger partial charge in [0, 0.05) is 25.3 Å². The second kappa shape index (κ2) is 7.53. The van der Waals surface area contributed by atoms with E-state index in [1.165, 1.54) is 6.08 Å². The average molecular weight is 363 g/mol. The number of benzene rings is 1. The van der Waals surface area contributed by atoms with E-state index in [2.05, 4.69) is 9.98 Å². The summed E-state index contributed by atoms with van der Waals surface area (Å²) in [5.74, 6) is -0.787. The summed E-state index contributed by atoms with van der Waals surface area (Å²) in [6.45, 7) is 3.81. The molecule has 0 spiro atoms. The molecule has 0 bridgehead atoms. The highest BCUT2D eigenvalue weighted by Gasteiger charge is 2.24. The number of aliphatic imine (C=N–C) groups is 1. The minimum Gasteiger partial charge on any atom is -0.461 e. The average Bonchev–Trinajstić information content (AvgIpc) is 2.64. The molecule has 0 atom stereocenters. The lowest BCUT2D eigenvalue weighted by atomic mass is 9.94. The lowest BCUT2D eigenvalue weighted by Gasteiger charge is -2.16. The van der Waals surface area contributed by atoms with E-state index in [4.69, 9.17) is 4.74 Å². The van der Waals surface area contributed by atoms with Crippen LogP contribution in [0.4, 0.5) is 11.4 Å². The van der Waals surface area contributed by atoms with E-state index >= 15 is 0 Å². The Kier molecular flexibility index (Phi) is 5.16. The van der Waals surface area contributed by atoms with Gasteiger partial charge in [-0.05, 0) is 61.9 Å². The highest BCUT2D eigenvalue weighted by atomic mass is 16.5. The van der Waals surface area contributed by atoms with Crippen LogP contribution in [0.5, 0.6) is 0 Å². The predicted molar refractivity (Wildman–Crippen MR) is 105 cm³/mol. The van der Waals surface area contributed by atoms with Crippen LogP contribution in [0.25, 0.3) is 0 Å². The Labute approximate surface area is 158 Å². The van der Waals surface area contributed by atoms with Gasteiger partial charge in [-0.25, -0.2) is 14.8 Å². The normalized spacial score (nSPS) is 14.2. The third kappa shape index (κ3) is 3.79. The van der Waals surface area contributed by atoms with Crippen molar-refractivity contribution in [3.05, 3.63) is 65.0 Å². The van der Waals surface area contributed by atoms with Gasteiger partial charge in [-0.1, -0.05) is 0 Å². The Hall–Kier alpha value is -3.28. The third-order valence-electron chi connectivity index (χ3n) is 4.20. The van der Waals surface area contributed by atoms with Gasteiger partial charge >= 0.3 is 5.97 Å². The van der Waals surface area contributed by atoms with Crippen LogP contribution in [0, 0.1) is 6.92 Å². The fourth-order valence-electron chi connectivity index (χ4n) is 2.86. The van der Waals surface area contributed by atoms with Crippen molar-refractivity contribution in [3.63, 3.8) is 0 Å². The zero-order valence-corrected chi connectivity index (χ0v) is 15.8. The highest BCUT2D eigenvalue weighted by Crippen LogP contribution is 2.25. The van der Waals surface area contributed by atoms with Gasteiger partial charge in [0.15, 0.2) is 0 Å². The summed E-state index contributed by atoms with van der Waals surface area (Å²) in [5, 5.41) is 0. The number of allylic oxidation sites excluding steroid dienone is 2. The van der Waals surface area contributed by atoms with E-state index in [1.54, 1.807) is 19.1 Å². The number of carbonyl (C=O) groups excluding carboxylic acids is 2. The van der Waals surface area contributed by atoms with Crippen LogP contribution in [0.15, 0.2) is 47.5 Å². The molecule has 6 heteroatoms. The molecule has 1 heterocycles. The van der Waals surface area contributed by atoms with Crippen molar-refractivity contribution in [2.45, 2.75) is 13.8 Å². The maximum absolute atomic E-state index is 12.3. The van der Waals surface area contributed by atoms with Crippen molar-refractivity contribution in [1.29, 1.82) is 0 Å². The van der Waals surface area contributed by atoms with Gasteiger partial charge in [0.2, 0.25) is 5.78 Å². The second-order valence-corrected chi connectivity index (χ2v) is 6.37. The van der Waals surface area contributed by atoms with Crippen molar-refractivity contribution in [2.24, 2.45) is 4.99 Å². The fourth-order valence-corrected chi connectivity index (χ4v) is 2.86. The molecule has 3 rings (SSSR count). The molecule has 0 saturated carbocycles. The Morgan fingerprint density at radius 2 is 1.89 bits per heavy atom. The Balaban J connectivity index is 2.05. The van der Waals surface area contributed by atoms with Gasteiger partial charge < -0.3 is 9.64 Å². The molecule has 1 aliphatic carbocycles. The van der Waals surface area contributed by atoms with Gasteiger partial charge in [-0.15, -0.1) is 0 Å². The molecule has 6 nitrogen and oxygen atoms in total. The minimum absolute atomic E-state index is 0.131. The molecular weight excluding hydrogens is 342 g/mol. The Bertz CT molecular complexity index is 957. The van der Waals surface area contributed by atoms with Crippen molar-refractivity contribution in [3.8, 4) is 0 Å². The second-order valence-electron chi connectivity index (χ2n) is 6.37. The topological polar surface area (TPSA) is 71.9 Å². The maximum Gasteiger partial charge on any atom is 0.356 e. The zero-order chi connectivity index (χ0) is 19.6. The standard InChI is InChI=1S/C21H21N3O3/c1-5-27-21(26)17-12-13(2)19-16(10-11-18(25)20(19)23-17)22-14-6-8-15(9-7-14)24(3)4/h6-12H,5H2,1-4H3. The number of aryl methyl sites for hydroxylation is 1. The molecule has 0 amide bonds. The van der Waals surface area contributed by atoms with Crippen molar-refractivity contribution in [1.82, 2.24) is 4.98 Å². The van der Waals surface area contributed by atoms with E-state index in [-0.39, 0.29) is 23.8 Å². The summed E-state index contributed by atoms with van der Waals surface area (Å²) in [6.07, 6.45) is 3.11. The number of fused-ring (bicyclic) bond motifs is 1. The first-order valence-corrected chi connectivity index (χ1v) is 8.68. The van der Waals surface area contributed by atoms with Crippen LogP contribution in [-0.4, -0.2) is 43.2 Å². The van der Waals surface area contributed by atoms with Gasteiger partial charge in [-0.2, -0.15) is 0 Å². The van der Waals surface area contributed by atoms with Crippen LogP contribution in [0.1, 0.15) is 39.0 Å². The summed E-state index contributed by atoms with van der Waals surface area (Å²) >= 11 is 0. The number of ether oxygens (including phenoxy) is 1. The maximum atomic E-state index is 12.3. The van der Waals surface area contributed by atoms with Gasteiger partial charge in [0.1, 0.15) is 11.4 Å². The number of ketones is 1. The molecule has 1 aromatic carbocycles. The molecular formula is C21H21N3O3. The molecule has 0 aliphatic heterocycles. The largest absolute Gasteiger partial charge is 0.461 e. The van der Waals surface area contributed by atoms with Crippen LogP contribution in [0.3, 0.4) is 0 Å². The number of carbonyl (C=O) groups is 2. The summed E-state index contributed by atoms with van der Waals surface area (Å²) in [6, 6.07) is 9.43. The molecule has 0 radical (unpaired) electrons. The summed E-state index contributed by atoms with van der Waals surface area (Å²) in [5.41, 5.74) is 4.25. The van der Waals surface area contributed by atoms with Crippen molar-refractivity contribution < 1.29 is 14.3 Å². The lowest BCUT2D eigenvalue weighted by Crippen LogP contribution is -2.19. The number of anilines is 1. The van der Waals surface area contributed by atoms with Crippen LogP contribution in [-0.2, 0) is 4.74 Å². The number of hydrogen-bond donors (Lipinski definition) is 0. The summed E-state index contributed by atoms with van der Waals surface area (Å²) in [7, 11) is 3.95. The molecule has 0 unspecified atom stereocenters. The number of pyridine rings is 1. The van der Waals surface area contributed by atoms with Gasteiger partial charge in [0.05, 0.1) is 18.0 Å². The highest BCUT2D eigenvalue weighted by molar-refractivity contribution is 6.24. The number of rotatable bonds is 4. The first kappa shape index (κ1) is 18.5. The summed E-state index contributed by atoms with van der Waals surface area (Å²) < 4.78 is 5.00. The van der Waals surface area contributed by atoms with Crippen LogP contribution >= 0.6 is 0 Å². The molecule has 2 aromatic rings. The monoisotopic (exact) mass is 363 g/mol. The number of hydrogen-bond acceptors (Lipinski definition) is 6. The number of aromatic nitrogens is 1. The zero-order valence-electron chi connectivity index (χ0n) is 15.8. The van der Waals surface area contributed by atoms with E-state index < -0.39 is 5.97 Å². The van der Waals surface area contributed by atoms with Crippen molar-refractivity contribution in [2.75, 3.05) is 25.6 Å². The molecule has 138 valence electrons. The van der Waals surface area contributed by atoms with Crippen molar-refractivity contribution >= 4 is 28.8 Å². The predicted octanol–water partition coefficient (Wildman–Crippen LogP) is 3.51. The Morgan fingerprint density at radius 1 is 1.19 bits per heavy atom. The Morgan fingerprint density at radius 3 is 2.52 bits per heavy atom. The molecule has 27 heavy (non-hydrogen) atoms. The SMILES string of the molecule is CCOC(=O)c1cc(C)c2c(n1)C(=O)C=CC2=Nc1ccc(N(C)C)cc1. The number of esters is 1. The molecule has 0 saturated heterocycles. The molecule has 1 aliphatic rings. The molecule has 0 fully saturated rings. The summed E-state index contributed by atoms with van der Waals surface area (Å²) in [4.78, 5) is 35.2. The first-order valence-electron chi connectivity index (χ1n) is 8.68. The fraction of sp³-hybridized carbons (Fsp3) is 0.238. The van der Waals surface area contributed by atoms with Gasteiger partial charge in [0.25, 0.3) is 0 Å². The van der Waals surface area contributed by atoms with Crippen LogP contribution in [0.2, 0.25) is 0 Å². The van der Waals surface area contributed by atoms with Crippen LogP contribution < -0.4 is 4.90 Å². The first-order chi connectivity index (χ1) is 12.9. The smallest absolute Gasteiger partial charge is 0.356 e. The minimum atomic E-state index is -0.538. The molecule has 0 N–H and O–H groups in total. The quantitative estimate of drug-likeness (QED) is 0.778. The van der Waals surface area contributed by atoms with E-state index in [0.29, 0.717) is 11.3 Å². The van der Waals surface area contributed by atoms with E-state index in [1.807, 2.05) is 50.2 Å². The van der Waals surface area contributed by atoms with E-state index in [9.17, 15) is 9.59 Å². The lowest BCUT2D eigenvalue weighted by molar-refractivity contribution is 0.0519.